The third-order valence-corrected chi connectivity index (χ3v) is 6.95. The number of hydrogen-bond acceptors (Lipinski definition) is 7. The topological polar surface area (TPSA) is 101 Å². The number of thiazole rings is 1. The van der Waals surface area contributed by atoms with Crippen LogP contribution in [0.5, 0.6) is 11.5 Å². The Balaban J connectivity index is 1.11. The molecule has 3 amide bonds. The van der Waals surface area contributed by atoms with Crippen molar-refractivity contribution >= 4 is 39.9 Å². The molecule has 0 unspecified atom stereocenters. The molecule has 3 aliphatic heterocycles. The van der Waals surface area contributed by atoms with Crippen LogP contribution in [-0.2, 0) is 20.8 Å². The quantitative estimate of drug-likeness (QED) is 0.742. The fraction of sp³-hybridized carbons (Fsp3) is 0.455. The normalized spacial score (nSPS) is 18.3. The molecule has 0 saturated carbocycles. The second-order valence-electron chi connectivity index (χ2n) is 8.16. The number of ether oxygens (including phenoxy) is 2. The number of hydrogen-bond donors (Lipinski definition) is 1. The largest absolute Gasteiger partial charge is 0.454 e. The fourth-order valence-corrected chi connectivity index (χ4v) is 5.10. The summed E-state index contributed by atoms with van der Waals surface area (Å²) < 4.78 is 10.6. The van der Waals surface area contributed by atoms with E-state index < -0.39 is 0 Å². The lowest BCUT2D eigenvalue weighted by atomic mass is 9.95. The van der Waals surface area contributed by atoms with E-state index in [0.717, 1.165) is 6.42 Å². The molecule has 0 spiro atoms. The summed E-state index contributed by atoms with van der Waals surface area (Å²) in [6.07, 6.45) is 2.86. The van der Waals surface area contributed by atoms with Crippen LogP contribution < -0.4 is 19.7 Å². The lowest BCUT2D eigenvalue weighted by Crippen LogP contribution is -2.42. The van der Waals surface area contributed by atoms with Gasteiger partial charge in [-0.15, -0.1) is 11.3 Å². The summed E-state index contributed by atoms with van der Waals surface area (Å²) in [7, 11) is 0. The van der Waals surface area contributed by atoms with E-state index >= 15 is 0 Å². The van der Waals surface area contributed by atoms with Crippen LogP contribution in [0.3, 0.4) is 0 Å². The Morgan fingerprint density at radius 1 is 1.16 bits per heavy atom. The molecule has 10 heteroatoms. The third-order valence-electron chi connectivity index (χ3n) is 6.03. The Bertz CT molecular complexity index is 1050. The first kappa shape index (κ1) is 20.7. The van der Waals surface area contributed by atoms with E-state index in [2.05, 4.69) is 10.3 Å². The highest BCUT2D eigenvalue weighted by Crippen LogP contribution is 2.34. The van der Waals surface area contributed by atoms with Crippen LogP contribution in [0.15, 0.2) is 23.6 Å². The van der Waals surface area contributed by atoms with Gasteiger partial charge in [0.2, 0.25) is 24.5 Å². The van der Waals surface area contributed by atoms with Gasteiger partial charge in [0.25, 0.3) is 0 Å². The van der Waals surface area contributed by atoms with Gasteiger partial charge in [0.05, 0.1) is 12.1 Å². The minimum Gasteiger partial charge on any atom is -0.454 e. The van der Waals surface area contributed by atoms with Crippen LogP contribution in [0, 0.1) is 5.92 Å². The molecule has 1 aromatic heterocycles. The molecule has 2 fully saturated rings. The number of benzene rings is 1. The van der Waals surface area contributed by atoms with Crippen molar-refractivity contribution in [2.24, 2.45) is 5.92 Å². The number of likely N-dealkylation sites (tertiary alicyclic amines) is 1. The van der Waals surface area contributed by atoms with Crippen LogP contribution in [0.1, 0.15) is 31.4 Å². The highest BCUT2D eigenvalue weighted by Gasteiger charge is 2.29. The van der Waals surface area contributed by atoms with Crippen molar-refractivity contribution in [1.29, 1.82) is 0 Å². The average molecular weight is 457 g/mol. The molecule has 4 heterocycles. The van der Waals surface area contributed by atoms with E-state index in [4.69, 9.17) is 9.47 Å². The number of amides is 3. The molecule has 1 aromatic carbocycles. The van der Waals surface area contributed by atoms with Gasteiger partial charge in [0, 0.05) is 49.1 Å². The third kappa shape index (κ3) is 4.27. The minimum absolute atomic E-state index is 0.00391. The molecule has 0 radical (unpaired) electrons. The molecular formula is C22H24N4O5S. The molecule has 0 atom stereocenters. The van der Waals surface area contributed by atoms with E-state index in [1.54, 1.807) is 28.0 Å². The Morgan fingerprint density at radius 2 is 1.97 bits per heavy atom. The first-order chi connectivity index (χ1) is 15.6. The van der Waals surface area contributed by atoms with Gasteiger partial charge in [-0.1, -0.05) is 0 Å². The molecule has 3 aliphatic rings. The Morgan fingerprint density at radius 3 is 2.75 bits per heavy atom. The highest BCUT2D eigenvalue weighted by molar-refractivity contribution is 7.14. The number of carbonyl (C=O) groups excluding carboxylic acids is 3. The SMILES string of the molecule is O=C(Nc1ccc2c(c1)OCO2)C1CCN(C(=O)Cc2csc(N3CCCC3=O)n2)CC1. The zero-order valence-corrected chi connectivity index (χ0v) is 18.4. The van der Waals surface area contributed by atoms with Gasteiger partial charge in [-0.3, -0.25) is 19.3 Å². The average Bonchev–Trinajstić information content (AvgIpc) is 3.54. The Labute approximate surface area is 189 Å². The van der Waals surface area contributed by atoms with E-state index in [1.165, 1.54) is 11.3 Å². The second-order valence-corrected chi connectivity index (χ2v) is 9.00. The number of nitrogens with zero attached hydrogens (tertiary/aromatic N) is 3. The van der Waals surface area contributed by atoms with Crippen molar-refractivity contribution in [3.63, 3.8) is 0 Å². The molecule has 0 aliphatic carbocycles. The number of fused-ring (bicyclic) bond motifs is 1. The molecule has 9 nitrogen and oxygen atoms in total. The number of anilines is 2. The monoisotopic (exact) mass is 456 g/mol. The summed E-state index contributed by atoms with van der Waals surface area (Å²) in [5.74, 6) is 1.21. The van der Waals surface area contributed by atoms with Crippen molar-refractivity contribution < 1.29 is 23.9 Å². The van der Waals surface area contributed by atoms with Gasteiger partial charge < -0.3 is 19.7 Å². The minimum atomic E-state index is -0.142. The molecule has 2 saturated heterocycles. The summed E-state index contributed by atoms with van der Waals surface area (Å²) in [4.78, 5) is 45.2. The Hall–Kier alpha value is -3.14. The van der Waals surface area contributed by atoms with Gasteiger partial charge in [-0.2, -0.15) is 0 Å². The van der Waals surface area contributed by atoms with Crippen LogP contribution in [-0.4, -0.2) is 54.0 Å². The second kappa shape index (κ2) is 8.78. The van der Waals surface area contributed by atoms with Gasteiger partial charge in [0.1, 0.15) is 0 Å². The van der Waals surface area contributed by atoms with Crippen LogP contribution >= 0.6 is 11.3 Å². The van der Waals surface area contributed by atoms with Crippen LogP contribution in [0.2, 0.25) is 0 Å². The highest BCUT2D eigenvalue weighted by atomic mass is 32.1. The standard InChI is InChI=1S/C22H24N4O5S/c27-19-2-1-7-26(19)22-24-16(12-32-22)11-20(28)25-8-5-14(6-9-25)21(29)23-15-3-4-17-18(10-15)31-13-30-17/h3-4,10,12,14H,1-2,5-9,11,13H2,(H,23,29). The molecule has 0 bridgehead atoms. The maximum absolute atomic E-state index is 12.7. The number of piperidine rings is 1. The first-order valence-electron chi connectivity index (χ1n) is 10.8. The zero-order chi connectivity index (χ0) is 22.1. The summed E-state index contributed by atoms with van der Waals surface area (Å²) in [6, 6.07) is 5.33. The van der Waals surface area contributed by atoms with Crippen molar-refractivity contribution in [2.75, 3.05) is 36.6 Å². The summed E-state index contributed by atoms with van der Waals surface area (Å²) in [5, 5.41) is 5.47. The fourth-order valence-electron chi connectivity index (χ4n) is 4.23. The van der Waals surface area contributed by atoms with Crippen molar-refractivity contribution in [3.05, 3.63) is 29.3 Å². The summed E-state index contributed by atoms with van der Waals surface area (Å²) >= 11 is 1.41. The van der Waals surface area contributed by atoms with Crippen LogP contribution in [0.4, 0.5) is 10.8 Å². The van der Waals surface area contributed by atoms with Crippen molar-refractivity contribution in [1.82, 2.24) is 9.88 Å². The van der Waals surface area contributed by atoms with E-state index in [0.29, 0.717) is 66.9 Å². The van der Waals surface area contributed by atoms with Crippen molar-refractivity contribution in [3.8, 4) is 11.5 Å². The smallest absolute Gasteiger partial charge is 0.231 e. The summed E-state index contributed by atoms with van der Waals surface area (Å²) in [5.41, 5.74) is 1.37. The number of nitrogens with one attached hydrogen (secondary N) is 1. The predicted octanol–water partition coefficient (Wildman–Crippen LogP) is 2.42. The van der Waals surface area contributed by atoms with Gasteiger partial charge in [-0.05, 0) is 31.4 Å². The van der Waals surface area contributed by atoms with Crippen molar-refractivity contribution in [2.45, 2.75) is 32.1 Å². The van der Waals surface area contributed by atoms with Crippen LogP contribution in [0.25, 0.3) is 0 Å². The Kier molecular flexibility index (Phi) is 5.69. The molecule has 32 heavy (non-hydrogen) atoms. The molecule has 1 N–H and O–H groups in total. The molecule has 168 valence electrons. The maximum Gasteiger partial charge on any atom is 0.231 e. The van der Waals surface area contributed by atoms with Gasteiger partial charge in [-0.25, -0.2) is 4.98 Å². The van der Waals surface area contributed by atoms with Gasteiger partial charge >= 0.3 is 0 Å². The van der Waals surface area contributed by atoms with Gasteiger partial charge in [0.15, 0.2) is 16.6 Å². The summed E-state index contributed by atoms with van der Waals surface area (Å²) in [6.45, 7) is 1.97. The zero-order valence-electron chi connectivity index (χ0n) is 17.5. The number of aromatic nitrogens is 1. The number of rotatable bonds is 5. The maximum atomic E-state index is 12.7. The lowest BCUT2D eigenvalue weighted by Gasteiger charge is -2.31. The van der Waals surface area contributed by atoms with E-state index in [-0.39, 0.29) is 36.9 Å². The van der Waals surface area contributed by atoms with E-state index in [1.807, 2.05) is 5.38 Å². The number of carbonyl (C=O) groups is 3. The predicted molar refractivity (Wildman–Crippen MR) is 118 cm³/mol. The lowest BCUT2D eigenvalue weighted by molar-refractivity contribution is -0.133. The molecule has 2 aromatic rings. The molecular weight excluding hydrogens is 432 g/mol. The first-order valence-corrected chi connectivity index (χ1v) is 11.7. The molecule has 5 rings (SSSR count). The van der Waals surface area contributed by atoms with E-state index in [9.17, 15) is 14.4 Å².